The molecule has 356 valence electrons. The van der Waals surface area contributed by atoms with E-state index < -0.39 is 62.7 Å². The van der Waals surface area contributed by atoms with Gasteiger partial charge < -0.3 is 42.7 Å². The maximum atomic E-state index is 14.1. The average Bonchev–Trinajstić information content (AvgIpc) is 3.28. The number of fused-ring (bicyclic) bond motifs is 1. The summed E-state index contributed by atoms with van der Waals surface area (Å²) in [6.45, 7) is 2.00. The lowest BCUT2D eigenvalue weighted by Crippen LogP contribution is -2.57. The van der Waals surface area contributed by atoms with E-state index >= 15 is 0 Å². The van der Waals surface area contributed by atoms with E-state index in [-0.39, 0.29) is 60.9 Å². The molecule has 4 aromatic rings. The van der Waals surface area contributed by atoms with Gasteiger partial charge in [-0.25, -0.2) is 13.1 Å². The molecular formula is C46H61N9O10S. The summed E-state index contributed by atoms with van der Waals surface area (Å²) in [6, 6.07) is 17.2. The number of nitrogens with one attached hydrogen (secondary N) is 5. The number of nitrogens with zero attached hydrogens (tertiary/aromatic N) is 2. The van der Waals surface area contributed by atoms with E-state index in [4.69, 9.17) is 11.5 Å². The Labute approximate surface area is 384 Å². The number of hydrogen-bond donors (Lipinski definition) is 8. The molecule has 0 spiro atoms. The van der Waals surface area contributed by atoms with Gasteiger partial charge >= 0.3 is 0 Å². The van der Waals surface area contributed by atoms with Gasteiger partial charge in [0.25, 0.3) is 5.69 Å². The normalized spacial score (nSPS) is 13.2. The van der Waals surface area contributed by atoms with Crippen LogP contribution >= 0.6 is 0 Å². The molecule has 0 aromatic heterocycles. The molecule has 4 rings (SSSR count). The van der Waals surface area contributed by atoms with Crippen molar-refractivity contribution in [3.05, 3.63) is 106 Å². The van der Waals surface area contributed by atoms with Gasteiger partial charge in [-0.15, -0.1) is 0 Å². The van der Waals surface area contributed by atoms with Crippen molar-refractivity contribution >= 4 is 61.6 Å². The number of nitrogens with two attached hydrogens (primary N) is 2. The molecule has 0 fully saturated rings. The van der Waals surface area contributed by atoms with Crippen LogP contribution in [0.5, 0.6) is 5.75 Å². The lowest BCUT2D eigenvalue weighted by atomic mass is 10.0. The van der Waals surface area contributed by atoms with E-state index in [0.29, 0.717) is 55.2 Å². The van der Waals surface area contributed by atoms with Crippen LogP contribution in [-0.4, -0.2) is 106 Å². The zero-order chi connectivity index (χ0) is 48.4. The molecule has 4 atom stereocenters. The maximum Gasteiger partial charge on any atom is 0.269 e. The first-order chi connectivity index (χ1) is 31.4. The van der Waals surface area contributed by atoms with Crippen LogP contribution < -0.4 is 42.4 Å². The molecule has 19 nitrogen and oxygen atoms in total. The molecule has 0 aliphatic carbocycles. The van der Waals surface area contributed by atoms with E-state index in [9.17, 15) is 47.6 Å². The number of ketones is 1. The molecule has 0 saturated heterocycles. The number of phenolic OH excluding ortho intramolecular Hbond substituents is 1. The number of phenols is 1. The van der Waals surface area contributed by atoms with Crippen LogP contribution in [0.2, 0.25) is 0 Å². The van der Waals surface area contributed by atoms with Crippen molar-refractivity contribution in [1.82, 2.24) is 26.0 Å². The topological polar surface area (TPSA) is 298 Å². The van der Waals surface area contributed by atoms with Crippen LogP contribution in [0.1, 0.15) is 63.0 Å². The number of carbonyl (C=O) groups is 5. The van der Waals surface area contributed by atoms with Crippen LogP contribution in [0.3, 0.4) is 0 Å². The summed E-state index contributed by atoms with van der Waals surface area (Å²) in [7, 11) is -0.102. The Morgan fingerprint density at radius 1 is 0.727 bits per heavy atom. The molecule has 0 saturated carbocycles. The maximum absolute atomic E-state index is 14.1. The summed E-state index contributed by atoms with van der Waals surface area (Å²) in [5.41, 5.74) is 13.6. The zero-order valence-electron chi connectivity index (χ0n) is 37.5. The van der Waals surface area contributed by atoms with E-state index in [1.165, 1.54) is 43.3 Å². The molecule has 0 aliphatic rings. The summed E-state index contributed by atoms with van der Waals surface area (Å²) >= 11 is 0. The Morgan fingerprint density at radius 2 is 1.32 bits per heavy atom. The Bertz CT molecular complexity index is 2420. The Kier molecular flexibility index (Phi) is 20.0. The van der Waals surface area contributed by atoms with Crippen molar-refractivity contribution in [3.8, 4) is 5.75 Å². The number of unbranched alkanes of at least 4 members (excludes halogenated alkanes) is 2. The van der Waals surface area contributed by atoms with Crippen molar-refractivity contribution in [3.63, 3.8) is 0 Å². The number of amides is 4. The van der Waals surface area contributed by atoms with Gasteiger partial charge in [0, 0.05) is 68.6 Å². The number of rotatable bonds is 27. The standard InChI is InChI=1S/C46H61N9O10S/c1-30(56)38(12-4-5-25-47)51-46(61)40(29-32-15-19-33(20-16-32)55(62)63)53-45(60)39(52-44(59)37(48)28-31-17-21-34(57)22-18-31)23-24-43(58)49-26-6-7-27-50-66(64,65)42-14-9-10-35-36(42)11-8-13-41(35)54(2)3/h8-11,13-22,37-40,50,57H,4-7,12,23-29,47-48H2,1-3H3,(H,49,58)(H,51,61)(H,52,59)(H,53,60)/t37-,38-,39-,40-/m0/s1. The highest BCUT2D eigenvalue weighted by Gasteiger charge is 2.31. The van der Waals surface area contributed by atoms with E-state index in [1.54, 1.807) is 36.4 Å². The lowest BCUT2D eigenvalue weighted by molar-refractivity contribution is -0.384. The van der Waals surface area contributed by atoms with Crippen LogP contribution in [0.15, 0.2) is 89.8 Å². The third-order valence-electron chi connectivity index (χ3n) is 10.8. The molecule has 0 aliphatic heterocycles. The van der Waals surface area contributed by atoms with Gasteiger partial charge in [-0.2, -0.15) is 0 Å². The number of anilines is 1. The predicted molar refractivity (Wildman–Crippen MR) is 251 cm³/mol. The lowest BCUT2D eigenvalue weighted by Gasteiger charge is -2.26. The zero-order valence-corrected chi connectivity index (χ0v) is 38.3. The summed E-state index contributed by atoms with van der Waals surface area (Å²) < 4.78 is 29.3. The predicted octanol–water partition coefficient (Wildman–Crippen LogP) is 2.46. The van der Waals surface area contributed by atoms with Gasteiger partial charge in [0.15, 0.2) is 5.78 Å². The second-order valence-electron chi connectivity index (χ2n) is 16.2. The molecule has 66 heavy (non-hydrogen) atoms. The largest absolute Gasteiger partial charge is 0.508 e. The van der Waals surface area contributed by atoms with Gasteiger partial charge in [-0.3, -0.25) is 34.1 Å². The van der Waals surface area contributed by atoms with Crippen LogP contribution in [-0.2, 0) is 46.8 Å². The van der Waals surface area contributed by atoms with Gasteiger partial charge in [0.05, 0.1) is 21.9 Å². The Morgan fingerprint density at radius 3 is 1.97 bits per heavy atom. The third-order valence-corrected chi connectivity index (χ3v) is 12.4. The SMILES string of the molecule is CC(=O)[C@H](CCCCN)NC(=O)[C@H](Cc1ccc([N+](=O)[O-])cc1)NC(=O)[C@H](CCC(=O)NCCCCNS(=O)(=O)c1cccc2c(N(C)C)cccc12)NC(=O)[C@@H](N)Cc1ccc(O)cc1. The third kappa shape index (κ3) is 15.9. The summed E-state index contributed by atoms with van der Waals surface area (Å²) in [6.07, 6.45) is 1.66. The average molecular weight is 932 g/mol. The first kappa shape index (κ1) is 52.1. The van der Waals surface area contributed by atoms with Crippen LogP contribution in [0, 0.1) is 10.1 Å². The number of hydrogen-bond acceptors (Lipinski definition) is 13. The second kappa shape index (κ2) is 25.3. The first-order valence-electron chi connectivity index (χ1n) is 21.7. The number of Topliss-reactive ketones (excluding diaryl/α,β-unsaturated/α-hetero) is 1. The van der Waals surface area contributed by atoms with Crippen molar-refractivity contribution < 1.29 is 42.4 Å². The molecular weight excluding hydrogens is 871 g/mol. The smallest absolute Gasteiger partial charge is 0.269 e. The van der Waals surface area contributed by atoms with Crippen molar-refractivity contribution in [2.24, 2.45) is 11.5 Å². The number of nitro groups is 1. The number of sulfonamides is 1. The molecule has 4 amide bonds. The molecule has 0 unspecified atom stereocenters. The Hall–Kier alpha value is -6.48. The highest BCUT2D eigenvalue weighted by molar-refractivity contribution is 7.89. The fraction of sp³-hybridized carbons (Fsp3) is 0.413. The highest BCUT2D eigenvalue weighted by Crippen LogP contribution is 2.30. The molecule has 0 radical (unpaired) electrons. The van der Waals surface area contributed by atoms with Gasteiger partial charge in [0.1, 0.15) is 17.8 Å². The fourth-order valence-corrected chi connectivity index (χ4v) is 8.45. The number of aromatic hydroxyl groups is 1. The minimum absolute atomic E-state index is 0.0182. The number of non-ortho nitro benzene ring substituents is 1. The van der Waals surface area contributed by atoms with Crippen molar-refractivity contribution in [2.75, 3.05) is 38.6 Å². The summed E-state index contributed by atoms with van der Waals surface area (Å²) in [5, 5.41) is 33.1. The summed E-state index contributed by atoms with van der Waals surface area (Å²) in [5.74, 6) is -3.07. The van der Waals surface area contributed by atoms with E-state index in [2.05, 4.69) is 26.0 Å². The number of nitro benzene ring substituents is 1. The quantitative estimate of drug-likeness (QED) is 0.0243. The minimum Gasteiger partial charge on any atom is -0.508 e. The number of benzene rings is 4. The minimum atomic E-state index is -3.86. The second-order valence-corrected chi connectivity index (χ2v) is 17.9. The van der Waals surface area contributed by atoms with Gasteiger partial charge in [-0.05, 0) is 93.8 Å². The molecule has 20 heteroatoms. The van der Waals surface area contributed by atoms with Crippen molar-refractivity contribution in [2.45, 2.75) is 93.8 Å². The molecule has 4 aromatic carbocycles. The molecule has 0 heterocycles. The van der Waals surface area contributed by atoms with E-state index in [0.717, 1.165) is 11.1 Å². The summed E-state index contributed by atoms with van der Waals surface area (Å²) in [4.78, 5) is 79.8. The van der Waals surface area contributed by atoms with Crippen LogP contribution in [0.25, 0.3) is 10.8 Å². The molecule has 10 N–H and O–H groups in total. The Balaban J connectivity index is 1.43. The first-order valence-corrected chi connectivity index (χ1v) is 23.2. The monoisotopic (exact) mass is 931 g/mol. The number of carbonyl (C=O) groups excluding carboxylic acids is 5. The molecule has 0 bridgehead atoms. The van der Waals surface area contributed by atoms with Gasteiger partial charge in [-0.1, -0.05) is 48.5 Å². The highest BCUT2D eigenvalue weighted by atomic mass is 32.2. The fourth-order valence-electron chi connectivity index (χ4n) is 7.15. The van der Waals surface area contributed by atoms with Crippen LogP contribution in [0.4, 0.5) is 11.4 Å². The van der Waals surface area contributed by atoms with Gasteiger partial charge in [0.2, 0.25) is 33.7 Å². The van der Waals surface area contributed by atoms with E-state index in [1.807, 2.05) is 31.1 Å². The van der Waals surface area contributed by atoms with Crippen molar-refractivity contribution in [1.29, 1.82) is 0 Å².